The summed E-state index contributed by atoms with van der Waals surface area (Å²) in [5.74, 6) is -0.217. The van der Waals surface area contributed by atoms with E-state index in [0.717, 1.165) is 44.9 Å². The van der Waals surface area contributed by atoms with Crippen LogP contribution in [0.2, 0.25) is 0 Å². The zero-order valence-electron chi connectivity index (χ0n) is 27.0. The molecule has 0 amide bonds. The number of allylic oxidation sites excluding steroid dienone is 8. The molecule has 0 spiro atoms. The lowest BCUT2D eigenvalue weighted by Gasteiger charge is -2.15. The summed E-state index contributed by atoms with van der Waals surface area (Å²) < 4.78 is 11.0. The van der Waals surface area contributed by atoms with Gasteiger partial charge in [-0.3, -0.25) is 4.79 Å². The predicted molar refractivity (Wildman–Crippen MR) is 177 cm³/mol. The van der Waals surface area contributed by atoms with Gasteiger partial charge in [-0.05, 0) is 51.4 Å². The first-order valence-electron chi connectivity index (χ1n) is 17.2. The van der Waals surface area contributed by atoms with Crippen LogP contribution in [0.5, 0.6) is 0 Å². The van der Waals surface area contributed by atoms with Crippen molar-refractivity contribution in [1.82, 2.24) is 0 Å². The van der Waals surface area contributed by atoms with Crippen molar-refractivity contribution in [1.29, 1.82) is 0 Å². The zero-order valence-corrected chi connectivity index (χ0v) is 27.0. The van der Waals surface area contributed by atoms with Gasteiger partial charge in [0.2, 0.25) is 0 Å². The smallest absolute Gasteiger partial charge is 0.306 e. The van der Waals surface area contributed by atoms with E-state index < -0.39 is 6.10 Å². The maximum Gasteiger partial charge on any atom is 0.306 e. The summed E-state index contributed by atoms with van der Waals surface area (Å²) in [5, 5.41) is 9.44. The van der Waals surface area contributed by atoms with Gasteiger partial charge in [-0.15, -0.1) is 0 Å². The van der Waals surface area contributed by atoms with Crippen LogP contribution in [0.1, 0.15) is 155 Å². The summed E-state index contributed by atoms with van der Waals surface area (Å²) in [6, 6.07) is 0. The van der Waals surface area contributed by atoms with Crippen molar-refractivity contribution in [3.05, 3.63) is 48.6 Å². The molecule has 0 radical (unpaired) electrons. The van der Waals surface area contributed by atoms with Gasteiger partial charge in [-0.1, -0.05) is 146 Å². The SMILES string of the molecule is CC/C=C\C/C=C\C/C=C\C/C=C\CCCCCCCCCCCCCOCC(CO)OC(=O)CCCCCCC. The Bertz CT molecular complexity index is 649. The van der Waals surface area contributed by atoms with Gasteiger partial charge in [-0.25, -0.2) is 0 Å². The standard InChI is InChI=1S/C37H66O4/c1-3-5-7-9-10-11-12-13-14-15-16-17-18-19-20-21-22-23-24-25-26-27-29-31-33-40-35-36(34-38)41-37(39)32-30-28-8-6-4-2/h5,7,10-11,13-14,16-17,36,38H,3-4,6,8-9,12,15,18-35H2,1-2H3/b7-5-,11-10-,14-13-,17-16-. The highest BCUT2D eigenvalue weighted by Crippen LogP contribution is 2.13. The molecule has 0 rings (SSSR count). The molecule has 4 heteroatoms. The average Bonchev–Trinajstić information content (AvgIpc) is 2.98. The highest BCUT2D eigenvalue weighted by atomic mass is 16.6. The number of aliphatic hydroxyl groups is 1. The Labute approximate surface area is 254 Å². The number of ether oxygens (including phenoxy) is 2. The number of aliphatic hydroxyl groups excluding tert-OH is 1. The van der Waals surface area contributed by atoms with Crippen molar-refractivity contribution in [2.24, 2.45) is 0 Å². The second kappa shape index (κ2) is 34.6. The third-order valence-corrected chi connectivity index (χ3v) is 7.17. The molecule has 1 unspecified atom stereocenters. The molecule has 0 saturated heterocycles. The maximum absolute atomic E-state index is 11.9. The van der Waals surface area contributed by atoms with E-state index in [1.54, 1.807) is 0 Å². The van der Waals surface area contributed by atoms with Crippen molar-refractivity contribution in [2.45, 2.75) is 161 Å². The van der Waals surface area contributed by atoms with Crippen LogP contribution in [-0.2, 0) is 14.3 Å². The monoisotopic (exact) mass is 574 g/mol. The maximum atomic E-state index is 11.9. The molecule has 1 atom stereocenters. The first-order valence-corrected chi connectivity index (χ1v) is 17.2. The Balaban J connectivity index is 3.38. The number of hydrogen-bond donors (Lipinski definition) is 1. The van der Waals surface area contributed by atoms with Crippen LogP contribution >= 0.6 is 0 Å². The van der Waals surface area contributed by atoms with Crippen molar-refractivity contribution in [3.8, 4) is 0 Å². The second-order valence-corrected chi connectivity index (χ2v) is 11.2. The van der Waals surface area contributed by atoms with Gasteiger partial charge < -0.3 is 14.6 Å². The van der Waals surface area contributed by atoms with E-state index in [2.05, 4.69) is 62.5 Å². The molecule has 0 aliphatic heterocycles. The molecule has 0 bridgehead atoms. The molecular formula is C37H66O4. The normalized spacial score (nSPS) is 13.0. The van der Waals surface area contributed by atoms with Crippen molar-refractivity contribution in [2.75, 3.05) is 19.8 Å². The van der Waals surface area contributed by atoms with Gasteiger partial charge in [0.15, 0.2) is 0 Å². The van der Waals surface area contributed by atoms with E-state index in [1.165, 1.54) is 89.9 Å². The molecule has 0 heterocycles. The molecule has 238 valence electrons. The second-order valence-electron chi connectivity index (χ2n) is 11.2. The topological polar surface area (TPSA) is 55.8 Å². The molecule has 41 heavy (non-hydrogen) atoms. The van der Waals surface area contributed by atoms with Gasteiger partial charge in [0, 0.05) is 13.0 Å². The number of rotatable bonds is 31. The Morgan fingerprint density at radius 3 is 1.66 bits per heavy atom. The Hall–Kier alpha value is -1.65. The summed E-state index contributed by atoms with van der Waals surface area (Å²) in [5.41, 5.74) is 0. The van der Waals surface area contributed by atoms with Crippen LogP contribution in [0.25, 0.3) is 0 Å². The fourth-order valence-electron chi connectivity index (χ4n) is 4.61. The zero-order chi connectivity index (χ0) is 29.9. The first kappa shape index (κ1) is 39.4. The van der Waals surface area contributed by atoms with Gasteiger partial charge >= 0.3 is 5.97 Å². The minimum Gasteiger partial charge on any atom is -0.457 e. The van der Waals surface area contributed by atoms with Crippen molar-refractivity contribution < 1.29 is 19.4 Å². The minimum absolute atomic E-state index is 0.174. The van der Waals surface area contributed by atoms with Crippen LogP contribution in [0.15, 0.2) is 48.6 Å². The molecule has 4 nitrogen and oxygen atoms in total. The Morgan fingerprint density at radius 1 is 0.610 bits per heavy atom. The summed E-state index contributed by atoms with van der Waals surface area (Å²) in [6.07, 6.45) is 43.2. The van der Waals surface area contributed by atoms with E-state index in [0.29, 0.717) is 19.6 Å². The highest BCUT2D eigenvalue weighted by Gasteiger charge is 2.13. The van der Waals surface area contributed by atoms with Crippen LogP contribution in [0, 0.1) is 0 Å². The predicted octanol–water partition coefficient (Wildman–Crippen LogP) is 10.8. The quantitative estimate of drug-likeness (QED) is 0.0508. The molecular weight excluding hydrogens is 508 g/mol. The van der Waals surface area contributed by atoms with Crippen LogP contribution < -0.4 is 0 Å². The number of carbonyl (C=O) groups is 1. The van der Waals surface area contributed by atoms with Gasteiger partial charge in [-0.2, -0.15) is 0 Å². The molecule has 0 aliphatic carbocycles. The number of hydrogen-bond acceptors (Lipinski definition) is 4. The van der Waals surface area contributed by atoms with E-state index in [1.807, 2.05) is 0 Å². The lowest BCUT2D eigenvalue weighted by atomic mass is 10.1. The van der Waals surface area contributed by atoms with Crippen molar-refractivity contribution in [3.63, 3.8) is 0 Å². The number of esters is 1. The minimum atomic E-state index is -0.530. The van der Waals surface area contributed by atoms with E-state index in [9.17, 15) is 9.90 Å². The van der Waals surface area contributed by atoms with Crippen LogP contribution in [-0.4, -0.2) is 37.0 Å². The van der Waals surface area contributed by atoms with Gasteiger partial charge in [0.05, 0.1) is 13.2 Å². The lowest BCUT2D eigenvalue weighted by molar-refractivity contribution is -0.154. The van der Waals surface area contributed by atoms with Crippen molar-refractivity contribution >= 4 is 5.97 Å². The van der Waals surface area contributed by atoms with Crippen LogP contribution in [0.4, 0.5) is 0 Å². The van der Waals surface area contributed by atoms with Gasteiger partial charge in [0.25, 0.3) is 0 Å². The molecule has 0 aromatic carbocycles. The van der Waals surface area contributed by atoms with E-state index >= 15 is 0 Å². The lowest BCUT2D eigenvalue weighted by Crippen LogP contribution is -2.27. The largest absolute Gasteiger partial charge is 0.457 e. The summed E-state index contributed by atoms with van der Waals surface area (Å²) in [4.78, 5) is 11.9. The van der Waals surface area contributed by atoms with Crippen LogP contribution in [0.3, 0.4) is 0 Å². The first-order chi connectivity index (χ1) is 20.2. The fraction of sp³-hybridized carbons (Fsp3) is 0.757. The molecule has 0 aromatic rings. The summed E-state index contributed by atoms with van der Waals surface area (Å²) in [7, 11) is 0. The van der Waals surface area contributed by atoms with E-state index in [4.69, 9.17) is 9.47 Å². The average molecular weight is 575 g/mol. The van der Waals surface area contributed by atoms with E-state index in [-0.39, 0.29) is 12.6 Å². The number of carbonyl (C=O) groups excluding carboxylic acids is 1. The third kappa shape index (κ3) is 32.7. The number of unbranched alkanes of at least 4 members (excludes halogenated alkanes) is 15. The van der Waals surface area contributed by atoms with Gasteiger partial charge in [0.1, 0.15) is 6.10 Å². The highest BCUT2D eigenvalue weighted by molar-refractivity contribution is 5.69. The molecule has 0 fully saturated rings. The third-order valence-electron chi connectivity index (χ3n) is 7.17. The summed E-state index contributed by atoms with van der Waals surface area (Å²) >= 11 is 0. The molecule has 0 aromatic heterocycles. The Morgan fingerprint density at radius 2 is 1.10 bits per heavy atom. The summed E-state index contributed by atoms with van der Waals surface area (Å²) in [6.45, 7) is 5.14. The fourth-order valence-corrected chi connectivity index (χ4v) is 4.61. The molecule has 0 saturated carbocycles. The Kier molecular flexibility index (Phi) is 33.2. The molecule has 0 aliphatic rings. The molecule has 1 N–H and O–H groups in total.